The van der Waals surface area contributed by atoms with Gasteiger partial charge < -0.3 is 14.4 Å². The van der Waals surface area contributed by atoms with Crippen LogP contribution in [-0.2, 0) is 26.9 Å². The number of ether oxygens (including phenoxy) is 2. The van der Waals surface area contributed by atoms with E-state index in [0.717, 1.165) is 6.07 Å². The minimum atomic E-state index is -4.38. The molecule has 0 aliphatic carbocycles. The third-order valence-corrected chi connectivity index (χ3v) is 6.11. The first-order valence-corrected chi connectivity index (χ1v) is 11.2. The fourth-order valence-electron chi connectivity index (χ4n) is 4.34. The number of alkyl halides is 3. The van der Waals surface area contributed by atoms with E-state index >= 15 is 0 Å². The zero-order valence-electron chi connectivity index (χ0n) is 19.3. The summed E-state index contributed by atoms with van der Waals surface area (Å²) in [5, 5.41) is 0. The van der Waals surface area contributed by atoms with Crippen LogP contribution in [-0.4, -0.2) is 55.9 Å². The van der Waals surface area contributed by atoms with Gasteiger partial charge in [0, 0.05) is 25.3 Å². The van der Waals surface area contributed by atoms with Crippen LogP contribution in [0.2, 0.25) is 0 Å². The van der Waals surface area contributed by atoms with Crippen LogP contribution in [0, 0.1) is 0 Å². The standard InChI is InChI=1S/C25H29F3N2O4/c1-3-34-23(32)30(21-10-5-4-6-11-21)24(22(31)33-2)13-16-29(17-14-24)15-12-19-8-7-9-20(18-19)25(26,27)28/h4-11,18H,3,12-17H2,1-2H3. The summed E-state index contributed by atoms with van der Waals surface area (Å²) >= 11 is 0. The Bertz CT molecular complexity index is 974. The lowest BCUT2D eigenvalue weighted by atomic mass is 9.85. The van der Waals surface area contributed by atoms with Crippen LogP contribution in [0.5, 0.6) is 0 Å². The largest absolute Gasteiger partial charge is 0.467 e. The van der Waals surface area contributed by atoms with Crippen LogP contribution in [0.15, 0.2) is 54.6 Å². The molecule has 3 rings (SSSR count). The van der Waals surface area contributed by atoms with Crippen molar-refractivity contribution in [1.29, 1.82) is 0 Å². The van der Waals surface area contributed by atoms with Crippen molar-refractivity contribution in [1.82, 2.24) is 4.90 Å². The molecule has 1 saturated heterocycles. The molecule has 1 aliphatic rings. The number of halogens is 3. The average Bonchev–Trinajstić information content (AvgIpc) is 2.83. The Balaban J connectivity index is 1.76. The van der Waals surface area contributed by atoms with Gasteiger partial charge in [-0.3, -0.25) is 4.90 Å². The van der Waals surface area contributed by atoms with Crippen LogP contribution in [0.1, 0.15) is 30.9 Å². The van der Waals surface area contributed by atoms with Crippen LogP contribution < -0.4 is 4.90 Å². The molecule has 9 heteroatoms. The minimum Gasteiger partial charge on any atom is -0.467 e. The van der Waals surface area contributed by atoms with E-state index in [1.807, 2.05) is 6.07 Å². The van der Waals surface area contributed by atoms with Crippen molar-refractivity contribution in [3.05, 3.63) is 65.7 Å². The van der Waals surface area contributed by atoms with E-state index in [4.69, 9.17) is 9.47 Å². The molecule has 0 N–H and O–H groups in total. The first-order valence-electron chi connectivity index (χ1n) is 11.2. The quantitative estimate of drug-likeness (QED) is 0.529. The fourth-order valence-corrected chi connectivity index (χ4v) is 4.34. The maximum absolute atomic E-state index is 13.0. The number of likely N-dealkylation sites (tertiary alicyclic amines) is 1. The van der Waals surface area contributed by atoms with E-state index in [9.17, 15) is 22.8 Å². The highest BCUT2D eigenvalue weighted by molar-refractivity contribution is 5.99. The SMILES string of the molecule is CCOC(=O)N(c1ccccc1)C1(C(=O)OC)CCN(CCc2cccc(C(F)(F)F)c2)CC1. The predicted molar refractivity (Wildman–Crippen MR) is 122 cm³/mol. The molecule has 2 aromatic carbocycles. The maximum Gasteiger partial charge on any atom is 0.416 e. The first-order chi connectivity index (χ1) is 16.2. The summed E-state index contributed by atoms with van der Waals surface area (Å²) in [6.07, 6.45) is -3.96. The Labute approximate surface area is 197 Å². The molecule has 0 unspecified atom stereocenters. The Kier molecular flexibility index (Phi) is 8.19. The number of hydrogen-bond donors (Lipinski definition) is 0. The van der Waals surface area contributed by atoms with Crippen LogP contribution >= 0.6 is 0 Å². The molecule has 6 nitrogen and oxygen atoms in total. The number of esters is 1. The number of para-hydroxylation sites is 1. The number of nitrogens with zero attached hydrogens (tertiary/aromatic N) is 2. The molecule has 1 fully saturated rings. The average molecular weight is 479 g/mol. The van der Waals surface area contributed by atoms with Gasteiger partial charge in [-0.2, -0.15) is 13.2 Å². The lowest BCUT2D eigenvalue weighted by Gasteiger charge is -2.45. The van der Waals surface area contributed by atoms with Crippen molar-refractivity contribution in [2.75, 3.05) is 38.3 Å². The van der Waals surface area contributed by atoms with E-state index in [2.05, 4.69) is 4.90 Å². The topological polar surface area (TPSA) is 59.1 Å². The summed E-state index contributed by atoms with van der Waals surface area (Å²) in [6.45, 7) is 3.32. The highest BCUT2D eigenvalue weighted by atomic mass is 19.4. The van der Waals surface area contributed by atoms with Crippen LogP contribution in [0.25, 0.3) is 0 Å². The summed E-state index contributed by atoms with van der Waals surface area (Å²) in [7, 11) is 1.29. The molecule has 1 amide bonds. The second-order valence-electron chi connectivity index (χ2n) is 8.18. The molecule has 0 atom stereocenters. The number of rotatable bonds is 7. The van der Waals surface area contributed by atoms with E-state index < -0.39 is 29.3 Å². The Morgan fingerprint density at radius 2 is 1.74 bits per heavy atom. The molecular formula is C25H29F3N2O4. The Hall–Kier alpha value is -3.07. The maximum atomic E-state index is 13.0. The summed E-state index contributed by atoms with van der Waals surface area (Å²) in [5.41, 5.74) is -0.781. The molecule has 0 bridgehead atoms. The van der Waals surface area contributed by atoms with Gasteiger partial charge in [-0.15, -0.1) is 0 Å². The number of benzene rings is 2. The molecule has 1 aliphatic heterocycles. The second kappa shape index (κ2) is 10.9. The molecule has 2 aromatic rings. The van der Waals surface area contributed by atoms with Gasteiger partial charge in [0.1, 0.15) is 0 Å². The normalized spacial score (nSPS) is 16.0. The van der Waals surface area contributed by atoms with Gasteiger partial charge in [-0.1, -0.05) is 36.4 Å². The number of hydrogen-bond acceptors (Lipinski definition) is 5. The number of piperidine rings is 1. The molecule has 0 spiro atoms. The van der Waals surface area contributed by atoms with Gasteiger partial charge in [-0.05, 0) is 49.9 Å². The van der Waals surface area contributed by atoms with Crippen molar-refractivity contribution < 1.29 is 32.2 Å². The molecule has 0 aromatic heterocycles. The van der Waals surface area contributed by atoms with Gasteiger partial charge in [0.25, 0.3) is 0 Å². The molecule has 0 radical (unpaired) electrons. The van der Waals surface area contributed by atoms with E-state index in [1.165, 1.54) is 24.1 Å². The smallest absolute Gasteiger partial charge is 0.416 e. The molecule has 0 saturated carbocycles. The van der Waals surface area contributed by atoms with Crippen LogP contribution in [0.3, 0.4) is 0 Å². The number of anilines is 1. The van der Waals surface area contributed by atoms with Gasteiger partial charge in [0.15, 0.2) is 5.54 Å². The lowest BCUT2D eigenvalue weighted by molar-refractivity contribution is -0.149. The van der Waals surface area contributed by atoms with Crippen molar-refractivity contribution in [3.63, 3.8) is 0 Å². The lowest BCUT2D eigenvalue weighted by Crippen LogP contribution is -2.63. The number of methoxy groups -OCH3 is 1. The predicted octanol–water partition coefficient (Wildman–Crippen LogP) is 4.92. The first kappa shape index (κ1) is 25.6. The van der Waals surface area contributed by atoms with Gasteiger partial charge in [0.2, 0.25) is 0 Å². The number of amides is 1. The highest BCUT2D eigenvalue weighted by Crippen LogP contribution is 2.35. The minimum absolute atomic E-state index is 0.155. The Morgan fingerprint density at radius 1 is 1.06 bits per heavy atom. The summed E-state index contributed by atoms with van der Waals surface area (Å²) in [6, 6.07) is 14.2. The van der Waals surface area contributed by atoms with E-state index in [-0.39, 0.29) is 6.61 Å². The van der Waals surface area contributed by atoms with Crippen LogP contribution in [0.4, 0.5) is 23.7 Å². The zero-order chi connectivity index (χ0) is 24.8. The third kappa shape index (κ3) is 5.70. The van der Waals surface area contributed by atoms with Crippen molar-refractivity contribution in [2.45, 2.75) is 37.9 Å². The number of carbonyl (C=O) groups excluding carboxylic acids is 2. The monoisotopic (exact) mass is 478 g/mol. The molecule has 184 valence electrons. The number of carbonyl (C=O) groups is 2. The zero-order valence-corrected chi connectivity index (χ0v) is 19.3. The molecular weight excluding hydrogens is 449 g/mol. The van der Waals surface area contributed by atoms with Gasteiger partial charge in [-0.25, -0.2) is 9.59 Å². The van der Waals surface area contributed by atoms with Crippen molar-refractivity contribution in [3.8, 4) is 0 Å². The second-order valence-corrected chi connectivity index (χ2v) is 8.18. The summed E-state index contributed by atoms with van der Waals surface area (Å²) in [5.74, 6) is -0.526. The van der Waals surface area contributed by atoms with E-state index in [0.29, 0.717) is 50.1 Å². The Morgan fingerprint density at radius 3 is 2.32 bits per heavy atom. The third-order valence-electron chi connectivity index (χ3n) is 6.11. The van der Waals surface area contributed by atoms with Crippen molar-refractivity contribution >= 4 is 17.7 Å². The van der Waals surface area contributed by atoms with Gasteiger partial charge >= 0.3 is 18.2 Å². The van der Waals surface area contributed by atoms with Gasteiger partial charge in [0.05, 0.1) is 19.3 Å². The fraction of sp³-hybridized carbons (Fsp3) is 0.440. The van der Waals surface area contributed by atoms with E-state index in [1.54, 1.807) is 37.3 Å². The molecule has 1 heterocycles. The highest BCUT2D eigenvalue weighted by Gasteiger charge is 2.51. The molecule has 34 heavy (non-hydrogen) atoms. The summed E-state index contributed by atoms with van der Waals surface area (Å²) < 4.78 is 49.4. The van der Waals surface area contributed by atoms with Crippen molar-refractivity contribution in [2.24, 2.45) is 0 Å². The summed E-state index contributed by atoms with van der Waals surface area (Å²) in [4.78, 5) is 29.5.